The number of aromatic nitrogens is 1. The van der Waals surface area contributed by atoms with E-state index in [1.807, 2.05) is 6.07 Å². The summed E-state index contributed by atoms with van der Waals surface area (Å²) in [6.45, 7) is 2.69. The fraction of sp³-hybridized carbons (Fsp3) is 0.667. The summed E-state index contributed by atoms with van der Waals surface area (Å²) in [7, 11) is 0. The second-order valence-corrected chi connectivity index (χ2v) is 3.55. The van der Waals surface area contributed by atoms with Crippen LogP contribution in [0.4, 0.5) is 0 Å². The van der Waals surface area contributed by atoms with Crippen LogP contribution >= 0.6 is 0 Å². The Hall–Kier alpha value is -0.870. The first-order valence-electron chi connectivity index (χ1n) is 4.73. The average molecular weight is 181 g/mol. The first-order valence-corrected chi connectivity index (χ1v) is 4.73. The van der Waals surface area contributed by atoms with Crippen LogP contribution in [0.25, 0.3) is 0 Å². The van der Waals surface area contributed by atoms with Gasteiger partial charge in [0.1, 0.15) is 5.76 Å². The molecule has 0 saturated carbocycles. The number of nitrogens with one attached hydrogen (secondary N) is 1. The lowest BCUT2D eigenvalue weighted by Crippen LogP contribution is -2.10. The zero-order chi connectivity index (χ0) is 9.10. The van der Waals surface area contributed by atoms with Crippen LogP contribution in [-0.2, 0) is 13.0 Å². The van der Waals surface area contributed by atoms with Gasteiger partial charge < -0.3 is 15.6 Å². The monoisotopic (exact) mass is 181 g/mol. The molecule has 1 aliphatic heterocycles. The zero-order valence-electron chi connectivity index (χ0n) is 7.62. The van der Waals surface area contributed by atoms with Gasteiger partial charge in [0.2, 0.25) is 0 Å². The van der Waals surface area contributed by atoms with E-state index in [9.17, 15) is 0 Å². The van der Waals surface area contributed by atoms with Gasteiger partial charge in [-0.1, -0.05) is 5.16 Å². The predicted molar refractivity (Wildman–Crippen MR) is 49.1 cm³/mol. The van der Waals surface area contributed by atoms with E-state index in [4.69, 9.17) is 10.3 Å². The highest BCUT2D eigenvalue weighted by atomic mass is 16.5. The maximum atomic E-state index is 5.44. The van der Waals surface area contributed by atoms with Crippen molar-refractivity contribution in [2.75, 3.05) is 13.1 Å². The molecule has 1 aromatic heterocycles. The van der Waals surface area contributed by atoms with Crippen molar-refractivity contribution in [3.05, 3.63) is 17.5 Å². The second kappa shape index (κ2) is 3.89. The van der Waals surface area contributed by atoms with Gasteiger partial charge in [0, 0.05) is 19.0 Å². The third-order valence-corrected chi connectivity index (χ3v) is 2.47. The summed E-state index contributed by atoms with van der Waals surface area (Å²) in [4.78, 5) is 0. The Labute approximate surface area is 77.5 Å². The fourth-order valence-electron chi connectivity index (χ4n) is 1.72. The van der Waals surface area contributed by atoms with Crippen LogP contribution in [0.1, 0.15) is 17.9 Å². The standard InChI is InChI=1S/C9H15N3O/c10-5-8-4-9(13-12-8)3-7-1-2-11-6-7/h4,7,11H,1-3,5-6,10H2. The molecule has 1 atom stereocenters. The van der Waals surface area contributed by atoms with Crippen LogP contribution in [0, 0.1) is 5.92 Å². The molecule has 3 N–H and O–H groups in total. The Balaban J connectivity index is 1.92. The smallest absolute Gasteiger partial charge is 0.137 e. The van der Waals surface area contributed by atoms with Crippen LogP contribution in [0.3, 0.4) is 0 Å². The van der Waals surface area contributed by atoms with E-state index < -0.39 is 0 Å². The molecule has 1 aliphatic rings. The Bertz CT molecular complexity index is 266. The molecule has 1 saturated heterocycles. The summed E-state index contributed by atoms with van der Waals surface area (Å²) in [5.74, 6) is 1.67. The van der Waals surface area contributed by atoms with Gasteiger partial charge in [0.15, 0.2) is 0 Å². The van der Waals surface area contributed by atoms with Crippen LogP contribution in [0.5, 0.6) is 0 Å². The van der Waals surface area contributed by atoms with Gasteiger partial charge in [0.25, 0.3) is 0 Å². The molecular weight excluding hydrogens is 166 g/mol. The minimum Gasteiger partial charge on any atom is -0.361 e. The average Bonchev–Trinajstić information content (AvgIpc) is 2.76. The normalized spacial score (nSPS) is 22.4. The molecule has 1 aromatic rings. The third kappa shape index (κ3) is 2.08. The fourth-order valence-corrected chi connectivity index (χ4v) is 1.72. The van der Waals surface area contributed by atoms with Crippen LogP contribution in [0.15, 0.2) is 10.6 Å². The Kier molecular flexibility index (Phi) is 2.61. The van der Waals surface area contributed by atoms with Crippen molar-refractivity contribution >= 4 is 0 Å². The minimum absolute atomic E-state index is 0.465. The summed E-state index contributed by atoms with van der Waals surface area (Å²) in [5.41, 5.74) is 6.28. The lowest BCUT2D eigenvalue weighted by molar-refractivity contribution is 0.359. The number of nitrogens with two attached hydrogens (primary N) is 1. The van der Waals surface area contributed by atoms with Gasteiger partial charge in [0.05, 0.1) is 5.69 Å². The molecule has 72 valence electrons. The van der Waals surface area contributed by atoms with Gasteiger partial charge in [-0.3, -0.25) is 0 Å². The van der Waals surface area contributed by atoms with Crippen molar-refractivity contribution in [2.45, 2.75) is 19.4 Å². The Morgan fingerprint density at radius 3 is 3.23 bits per heavy atom. The summed E-state index contributed by atoms with van der Waals surface area (Å²) in [5, 5.41) is 7.18. The lowest BCUT2D eigenvalue weighted by Gasteiger charge is -2.02. The quantitative estimate of drug-likeness (QED) is 0.703. The summed E-state index contributed by atoms with van der Waals surface area (Å²) >= 11 is 0. The van der Waals surface area contributed by atoms with Gasteiger partial charge in [-0.25, -0.2) is 0 Å². The summed E-state index contributed by atoms with van der Waals surface area (Å²) in [6.07, 6.45) is 2.22. The van der Waals surface area contributed by atoms with Crippen molar-refractivity contribution in [3.63, 3.8) is 0 Å². The molecule has 0 spiro atoms. The van der Waals surface area contributed by atoms with E-state index in [1.165, 1.54) is 6.42 Å². The van der Waals surface area contributed by atoms with Gasteiger partial charge in [-0.2, -0.15) is 0 Å². The minimum atomic E-state index is 0.465. The van der Waals surface area contributed by atoms with Crippen LogP contribution < -0.4 is 11.1 Å². The lowest BCUT2D eigenvalue weighted by atomic mass is 10.0. The number of rotatable bonds is 3. The molecule has 0 radical (unpaired) electrons. The van der Waals surface area contributed by atoms with E-state index in [-0.39, 0.29) is 0 Å². The van der Waals surface area contributed by atoms with E-state index in [0.29, 0.717) is 12.5 Å². The van der Waals surface area contributed by atoms with E-state index in [1.54, 1.807) is 0 Å². The Morgan fingerprint density at radius 2 is 2.62 bits per heavy atom. The SMILES string of the molecule is NCc1cc(CC2CCNC2)on1. The predicted octanol–water partition coefficient (Wildman–Crippen LogP) is 0.285. The molecule has 13 heavy (non-hydrogen) atoms. The first-order chi connectivity index (χ1) is 6.38. The highest BCUT2D eigenvalue weighted by Crippen LogP contribution is 2.15. The molecule has 0 bridgehead atoms. The molecule has 4 heteroatoms. The molecule has 0 aromatic carbocycles. The van der Waals surface area contributed by atoms with E-state index in [0.717, 1.165) is 31.0 Å². The summed E-state index contributed by atoms with van der Waals surface area (Å²) < 4.78 is 5.16. The molecule has 2 rings (SSSR count). The molecule has 0 aliphatic carbocycles. The van der Waals surface area contributed by atoms with Gasteiger partial charge in [-0.15, -0.1) is 0 Å². The van der Waals surface area contributed by atoms with Gasteiger partial charge in [-0.05, 0) is 25.4 Å². The van der Waals surface area contributed by atoms with Crippen molar-refractivity contribution in [1.29, 1.82) is 0 Å². The highest BCUT2D eigenvalue weighted by Gasteiger charge is 2.16. The molecule has 1 unspecified atom stereocenters. The Morgan fingerprint density at radius 1 is 1.69 bits per heavy atom. The van der Waals surface area contributed by atoms with Crippen molar-refractivity contribution in [3.8, 4) is 0 Å². The molecule has 4 nitrogen and oxygen atoms in total. The van der Waals surface area contributed by atoms with Crippen molar-refractivity contribution < 1.29 is 4.52 Å². The topological polar surface area (TPSA) is 64.1 Å². The van der Waals surface area contributed by atoms with Crippen LogP contribution in [0.2, 0.25) is 0 Å². The second-order valence-electron chi connectivity index (χ2n) is 3.55. The highest BCUT2D eigenvalue weighted by molar-refractivity contribution is 5.06. The molecule has 2 heterocycles. The molecule has 0 amide bonds. The largest absolute Gasteiger partial charge is 0.361 e. The maximum Gasteiger partial charge on any atom is 0.137 e. The first kappa shape index (κ1) is 8.72. The molecule has 1 fully saturated rings. The van der Waals surface area contributed by atoms with E-state index in [2.05, 4.69) is 10.5 Å². The number of hydrogen-bond donors (Lipinski definition) is 2. The number of nitrogens with zero attached hydrogens (tertiary/aromatic N) is 1. The van der Waals surface area contributed by atoms with Crippen molar-refractivity contribution in [1.82, 2.24) is 10.5 Å². The van der Waals surface area contributed by atoms with E-state index >= 15 is 0 Å². The summed E-state index contributed by atoms with van der Waals surface area (Å²) in [6, 6.07) is 1.96. The number of hydrogen-bond acceptors (Lipinski definition) is 4. The molecular formula is C9H15N3O. The van der Waals surface area contributed by atoms with Gasteiger partial charge >= 0.3 is 0 Å². The zero-order valence-corrected chi connectivity index (χ0v) is 7.62. The van der Waals surface area contributed by atoms with Crippen LogP contribution in [-0.4, -0.2) is 18.2 Å². The third-order valence-electron chi connectivity index (χ3n) is 2.47. The van der Waals surface area contributed by atoms with Crippen molar-refractivity contribution in [2.24, 2.45) is 11.7 Å². The maximum absolute atomic E-state index is 5.44.